The lowest BCUT2D eigenvalue weighted by atomic mass is 10.1. The van der Waals surface area contributed by atoms with Crippen LogP contribution in [0.1, 0.15) is 41.6 Å². The highest BCUT2D eigenvalue weighted by atomic mass is 16.5. The van der Waals surface area contributed by atoms with E-state index in [-0.39, 0.29) is 18.6 Å². The Morgan fingerprint density at radius 3 is 2.80 bits per heavy atom. The number of ether oxygens (including phenoxy) is 2. The Bertz CT molecular complexity index is 742. The predicted octanol–water partition coefficient (Wildman–Crippen LogP) is 3.16. The van der Waals surface area contributed by atoms with Gasteiger partial charge < -0.3 is 19.9 Å². The molecule has 1 aromatic heterocycles. The number of rotatable bonds is 6. The number of benzene rings is 1. The maximum atomic E-state index is 12.5. The minimum absolute atomic E-state index is 0.194. The first-order valence-electron chi connectivity index (χ1n) is 8.41. The highest BCUT2D eigenvalue weighted by molar-refractivity contribution is 6.05. The zero-order valence-corrected chi connectivity index (χ0v) is 14.2. The molecule has 1 saturated carbocycles. The molecule has 0 unspecified atom stereocenters. The third-order valence-corrected chi connectivity index (χ3v) is 4.34. The summed E-state index contributed by atoms with van der Waals surface area (Å²) in [6, 6.07) is 6.92. The molecule has 0 aliphatic heterocycles. The molecule has 1 heterocycles. The standard InChI is InChI=1S/C19H22N2O4/c1-24-17-7-6-14(10-18(17)25-15-4-2-3-5-15)21-19(23)16-11-20-9-8-13(16)12-22/h6-11,15,22H,2-5,12H2,1H3,(H,21,23). The summed E-state index contributed by atoms with van der Waals surface area (Å²) in [5, 5.41) is 12.2. The van der Waals surface area contributed by atoms with Crippen molar-refractivity contribution >= 4 is 11.6 Å². The van der Waals surface area contributed by atoms with Crippen LogP contribution in [0.3, 0.4) is 0 Å². The summed E-state index contributed by atoms with van der Waals surface area (Å²) in [6.45, 7) is -0.218. The fourth-order valence-corrected chi connectivity index (χ4v) is 3.00. The smallest absolute Gasteiger partial charge is 0.257 e. The van der Waals surface area contributed by atoms with Crippen molar-refractivity contribution < 1.29 is 19.4 Å². The monoisotopic (exact) mass is 342 g/mol. The number of aliphatic hydroxyl groups excluding tert-OH is 1. The number of hydrogen-bond acceptors (Lipinski definition) is 5. The zero-order chi connectivity index (χ0) is 17.6. The van der Waals surface area contributed by atoms with Crippen molar-refractivity contribution in [3.05, 3.63) is 47.8 Å². The summed E-state index contributed by atoms with van der Waals surface area (Å²) >= 11 is 0. The van der Waals surface area contributed by atoms with Crippen molar-refractivity contribution in [2.24, 2.45) is 0 Å². The number of aromatic nitrogens is 1. The minimum Gasteiger partial charge on any atom is -0.493 e. The second-order valence-electron chi connectivity index (χ2n) is 6.04. The van der Waals surface area contributed by atoms with E-state index >= 15 is 0 Å². The molecular formula is C19H22N2O4. The highest BCUT2D eigenvalue weighted by Gasteiger charge is 2.19. The summed E-state index contributed by atoms with van der Waals surface area (Å²) in [5.74, 6) is 0.942. The Labute approximate surface area is 146 Å². The van der Waals surface area contributed by atoms with Gasteiger partial charge in [0.2, 0.25) is 0 Å². The van der Waals surface area contributed by atoms with E-state index < -0.39 is 0 Å². The van der Waals surface area contributed by atoms with Crippen LogP contribution in [0.15, 0.2) is 36.7 Å². The Morgan fingerprint density at radius 1 is 1.28 bits per heavy atom. The quantitative estimate of drug-likeness (QED) is 0.843. The number of nitrogens with zero attached hydrogens (tertiary/aromatic N) is 1. The summed E-state index contributed by atoms with van der Waals surface area (Å²) in [4.78, 5) is 16.4. The van der Waals surface area contributed by atoms with E-state index in [2.05, 4.69) is 10.3 Å². The van der Waals surface area contributed by atoms with Crippen molar-refractivity contribution in [3.63, 3.8) is 0 Å². The topological polar surface area (TPSA) is 80.7 Å². The van der Waals surface area contributed by atoms with Gasteiger partial charge >= 0.3 is 0 Å². The van der Waals surface area contributed by atoms with Crippen LogP contribution in [0.2, 0.25) is 0 Å². The number of amides is 1. The van der Waals surface area contributed by atoms with Crippen LogP contribution in [0.4, 0.5) is 5.69 Å². The van der Waals surface area contributed by atoms with Gasteiger partial charge in [-0.3, -0.25) is 9.78 Å². The van der Waals surface area contributed by atoms with Crippen LogP contribution in [0.5, 0.6) is 11.5 Å². The van der Waals surface area contributed by atoms with E-state index in [1.54, 1.807) is 37.6 Å². The van der Waals surface area contributed by atoms with Gasteiger partial charge in [0.15, 0.2) is 11.5 Å². The maximum Gasteiger partial charge on any atom is 0.257 e. The number of aliphatic hydroxyl groups is 1. The molecule has 0 bridgehead atoms. The second kappa shape index (κ2) is 7.98. The van der Waals surface area contributed by atoms with Gasteiger partial charge in [-0.1, -0.05) is 0 Å². The fraction of sp³-hybridized carbons (Fsp3) is 0.368. The van der Waals surface area contributed by atoms with E-state index in [1.165, 1.54) is 19.0 Å². The molecule has 1 amide bonds. The summed E-state index contributed by atoms with van der Waals surface area (Å²) in [6.07, 6.45) is 7.61. The van der Waals surface area contributed by atoms with E-state index in [0.717, 1.165) is 12.8 Å². The van der Waals surface area contributed by atoms with Gasteiger partial charge in [-0.25, -0.2) is 0 Å². The number of carbonyl (C=O) groups is 1. The summed E-state index contributed by atoms with van der Waals surface area (Å²) in [5.41, 5.74) is 1.48. The van der Waals surface area contributed by atoms with Gasteiger partial charge in [0.05, 0.1) is 25.4 Å². The molecule has 132 valence electrons. The van der Waals surface area contributed by atoms with E-state index in [9.17, 15) is 9.90 Å². The molecule has 2 N–H and O–H groups in total. The minimum atomic E-state index is -0.325. The molecule has 1 aliphatic carbocycles. The molecule has 0 spiro atoms. The van der Waals surface area contributed by atoms with Crippen molar-refractivity contribution in [1.82, 2.24) is 4.98 Å². The molecule has 1 aliphatic rings. The number of hydrogen-bond donors (Lipinski definition) is 2. The first-order valence-corrected chi connectivity index (χ1v) is 8.41. The molecule has 3 rings (SSSR count). The van der Waals surface area contributed by atoms with E-state index in [0.29, 0.717) is 28.3 Å². The predicted molar refractivity (Wildman–Crippen MR) is 94.0 cm³/mol. The van der Waals surface area contributed by atoms with Crippen molar-refractivity contribution in [2.75, 3.05) is 12.4 Å². The van der Waals surface area contributed by atoms with E-state index in [4.69, 9.17) is 9.47 Å². The number of anilines is 1. The average molecular weight is 342 g/mol. The van der Waals surface area contributed by atoms with Crippen LogP contribution < -0.4 is 14.8 Å². The third-order valence-electron chi connectivity index (χ3n) is 4.34. The lowest BCUT2D eigenvalue weighted by molar-refractivity contribution is 0.102. The molecular weight excluding hydrogens is 320 g/mol. The fourth-order valence-electron chi connectivity index (χ4n) is 3.00. The second-order valence-corrected chi connectivity index (χ2v) is 6.04. The molecule has 25 heavy (non-hydrogen) atoms. The Hall–Kier alpha value is -2.60. The lowest BCUT2D eigenvalue weighted by Crippen LogP contribution is -2.15. The van der Waals surface area contributed by atoms with Gasteiger partial charge in [-0.2, -0.15) is 0 Å². The van der Waals surface area contributed by atoms with Gasteiger partial charge in [-0.05, 0) is 49.4 Å². The average Bonchev–Trinajstić information content (AvgIpc) is 3.15. The van der Waals surface area contributed by atoms with Gasteiger partial charge in [-0.15, -0.1) is 0 Å². The van der Waals surface area contributed by atoms with Crippen LogP contribution in [0.25, 0.3) is 0 Å². The van der Waals surface area contributed by atoms with Crippen molar-refractivity contribution in [3.8, 4) is 11.5 Å². The highest BCUT2D eigenvalue weighted by Crippen LogP contribution is 2.34. The molecule has 1 aromatic carbocycles. The Kier molecular flexibility index (Phi) is 5.50. The molecule has 0 atom stereocenters. The number of pyridine rings is 1. The molecule has 6 heteroatoms. The van der Waals surface area contributed by atoms with Crippen LogP contribution in [-0.4, -0.2) is 29.2 Å². The first-order chi connectivity index (χ1) is 12.2. The normalized spacial score (nSPS) is 14.3. The first kappa shape index (κ1) is 17.2. The molecule has 2 aromatic rings. The Balaban J connectivity index is 1.78. The van der Waals surface area contributed by atoms with Crippen molar-refractivity contribution in [2.45, 2.75) is 38.4 Å². The zero-order valence-electron chi connectivity index (χ0n) is 14.2. The molecule has 1 fully saturated rings. The van der Waals surface area contributed by atoms with E-state index in [1.807, 2.05) is 0 Å². The number of methoxy groups -OCH3 is 1. The largest absolute Gasteiger partial charge is 0.493 e. The van der Waals surface area contributed by atoms with Gasteiger partial charge in [0.1, 0.15) is 0 Å². The van der Waals surface area contributed by atoms with Crippen LogP contribution in [-0.2, 0) is 6.61 Å². The maximum absolute atomic E-state index is 12.5. The summed E-state index contributed by atoms with van der Waals surface area (Å²) in [7, 11) is 1.60. The lowest BCUT2D eigenvalue weighted by Gasteiger charge is -2.17. The SMILES string of the molecule is COc1ccc(NC(=O)c2cnccc2CO)cc1OC1CCCC1. The summed E-state index contributed by atoms with van der Waals surface area (Å²) < 4.78 is 11.4. The van der Waals surface area contributed by atoms with Gasteiger partial charge in [0, 0.05) is 24.1 Å². The van der Waals surface area contributed by atoms with Crippen LogP contribution in [0, 0.1) is 0 Å². The number of nitrogens with one attached hydrogen (secondary N) is 1. The molecule has 0 radical (unpaired) electrons. The van der Waals surface area contributed by atoms with Gasteiger partial charge in [0.25, 0.3) is 5.91 Å². The molecule has 0 saturated heterocycles. The Morgan fingerprint density at radius 2 is 2.08 bits per heavy atom. The van der Waals surface area contributed by atoms with Crippen molar-refractivity contribution in [1.29, 1.82) is 0 Å². The number of carbonyl (C=O) groups excluding carboxylic acids is 1. The van der Waals surface area contributed by atoms with Crippen LogP contribution >= 0.6 is 0 Å². The molecule has 6 nitrogen and oxygen atoms in total. The third kappa shape index (κ3) is 4.09.